The van der Waals surface area contributed by atoms with Gasteiger partial charge in [0.15, 0.2) is 5.96 Å². The fourth-order valence-corrected chi connectivity index (χ4v) is 3.86. The molecule has 9 nitrogen and oxygen atoms in total. The van der Waals surface area contributed by atoms with E-state index in [0.717, 1.165) is 44.0 Å². The quantitative estimate of drug-likeness (QED) is 0.386. The highest BCUT2D eigenvalue weighted by Gasteiger charge is 2.48. The van der Waals surface area contributed by atoms with Gasteiger partial charge in [-0.3, -0.25) is 15.1 Å². The van der Waals surface area contributed by atoms with Crippen LogP contribution in [-0.4, -0.2) is 67.1 Å². The Morgan fingerprint density at radius 3 is 2.75 bits per heavy atom. The topological polar surface area (TPSA) is 108 Å². The summed E-state index contributed by atoms with van der Waals surface area (Å²) in [6.45, 7) is 4.08. The van der Waals surface area contributed by atoms with Crippen LogP contribution in [0.5, 0.6) is 5.88 Å². The Balaban J connectivity index is 1.50. The molecule has 1 atom stereocenters. The van der Waals surface area contributed by atoms with Gasteiger partial charge in [-0.2, -0.15) is 0 Å². The van der Waals surface area contributed by atoms with E-state index in [0.29, 0.717) is 12.4 Å². The van der Waals surface area contributed by atoms with Crippen molar-refractivity contribution in [2.75, 3.05) is 33.8 Å². The van der Waals surface area contributed by atoms with Gasteiger partial charge in [0.2, 0.25) is 5.88 Å². The Kier molecular flexibility index (Phi) is 6.01. The summed E-state index contributed by atoms with van der Waals surface area (Å²) in [4.78, 5) is 34.6. The van der Waals surface area contributed by atoms with Crippen LogP contribution in [0.15, 0.2) is 23.2 Å². The highest BCUT2D eigenvalue weighted by atomic mass is 16.5. The van der Waals surface area contributed by atoms with Crippen molar-refractivity contribution in [1.82, 2.24) is 25.8 Å². The standard InChI is InChI=1S/C19H28N6O3/c1-19(16(26)23-18(27)24-19)13-8-11-25(12-9-13)17(20-2)21-10-7-14-5-4-6-15(22-14)28-3/h4-6,13H,7-12H2,1-3H3,(H,20,21)(H2,23,24,26,27). The molecule has 0 bridgehead atoms. The normalized spacial score (nSPS) is 23.4. The summed E-state index contributed by atoms with van der Waals surface area (Å²) in [6.07, 6.45) is 2.38. The number of hydrogen-bond donors (Lipinski definition) is 3. The lowest BCUT2D eigenvalue weighted by Crippen LogP contribution is -2.55. The number of hydrogen-bond acceptors (Lipinski definition) is 5. The molecule has 2 saturated heterocycles. The van der Waals surface area contributed by atoms with Crippen LogP contribution < -0.4 is 20.7 Å². The number of aromatic nitrogens is 1. The number of likely N-dealkylation sites (tertiary alicyclic amines) is 1. The molecule has 0 saturated carbocycles. The van der Waals surface area contributed by atoms with E-state index >= 15 is 0 Å². The van der Waals surface area contributed by atoms with E-state index in [1.165, 1.54) is 0 Å². The number of aliphatic imine (C=N–C) groups is 1. The molecule has 9 heteroatoms. The van der Waals surface area contributed by atoms with E-state index in [9.17, 15) is 9.59 Å². The smallest absolute Gasteiger partial charge is 0.322 e. The summed E-state index contributed by atoms with van der Waals surface area (Å²) in [6, 6.07) is 5.32. The number of imide groups is 1. The number of ether oxygens (including phenoxy) is 1. The first-order valence-corrected chi connectivity index (χ1v) is 9.55. The number of pyridine rings is 1. The van der Waals surface area contributed by atoms with Crippen molar-refractivity contribution in [2.45, 2.75) is 31.7 Å². The number of guanidine groups is 1. The summed E-state index contributed by atoms with van der Waals surface area (Å²) in [5, 5.41) is 8.52. The summed E-state index contributed by atoms with van der Waals surface area (Å²) >= 11 is 0. The van der Waals surface area contributed by atoms with E-state index in [2.05, 4.69) is 30.8 Å². The van der Waals surface area contributed by atoms with Crippen molar-refractivity contribution in [1.29, 1.82) is 0 Å². The van der Waals surface area contributed by atoms with Crippen molar-refractivity contribution in [3.8, 4) is 5.88 Å². The average molecular weight is 388 g/mol. The van der Waals surface area contributed by atoms with Crippen LogP contribution in [0.4, 0.5) is 4.79 Å². The second kappa shape index (κ2) is 8.45. The molecule has 2 aliphatic heterocycles. The average Bonchev–Trinajstić information content (AvgIpc) is 2.98. The number of nitrogens with one attached hydrogen (secondary N) is 3. The molecule has 1 aromatic heterocycles. The lowest BCUT2D eigenvalue weighted by atomic mass is 9.79. The molecular formula is C19H28N6O3. The van der Waals surface area contributed by atoms with Crippen molar-refractivity contribution in [2.24, 2.45) is 10.9 Å². The largest absolute Gasteiger partial charge is 0.481 e. The Morgan fingerprint density at radius 2 is 2.14 bits per heavy atom. The van der Waals surface area contributed by atoms with Crippen molar-refractivity contribution >= 4 is 17.9 Å². The van der Waals surface area contributed by atoms with Crippen molar-refractivity contribution in [3.05, 3.63) is 23.9 Å². The number of methoxy groups -OCH3 is 1. The minimum absolute atomic E-state index is 0.106. The maximum Gasteiger partial charge on any atom is 0.322 e. The van der Waals surface area contributed by atoms with Crippen LogP contribution in [0.25, 0.3) is 0 Å². The van der Waals surface area contributed by atoms with Gasteiger partial charge in [-0.15, -0.1) is 0 Å². The Morgan fingerprint density at radius 1 is 1.39 bits per heavy atom. The zero-order valence-electron chi connectivity index (χ0n) is 16.6. The predicted molar refractivity (Wildman–Crippen MR) is 105 cm³/mol. The zero-order valence-corrected chi connectivity index (χ0v) is 16.6. The van der Waals surface area contributed by atoms with Gasteiger partial charge >= 0.3 is 6.03 Å². The van der Waals surface area contributed by atoms with E-state index in [1.807, 2.05) is 25.1 Å². The molecule has 2 aliphatic rings. The molecule has 2 fully saturated rings. The molecular weight excluding hydrogens is 360 g/mol. The third kappa shape index (κ3) is 4.18. The Bertz CT molecular complexity index is 760. The summed E-state index contributed by atoms with van der Waals surface area (Å²) in [7, 11) is 3.38. The number of nitrogens with zero attached hydrogens (tertiary/aromatic N) is 3. The Hall–Kier alpha value is -2.84. The first kappa shape index (κ1) is 19.9. The first-order valence-electron chi connectivity index (χ1n) is 9.55. The molecule has 152 valence electrons. The molecule has 1 unspecified atom stereocenters. The monoisotopic (exact) mass is 388 g/mol. The number of urea groups is 1. The third-order valence-corrected chi connectivity index (χ3v) is 5.55. The van der Waals surface area contributed by atoms with E-state index in [4.69, 9.17) is 4.74 Å². The summed E-state index contributed by atoms with van der Waals surface area (Å²) in [5.74, 6) is 1.32. The highest BCUT2D eigenvalue weighted by Crippen LogP contribution is 2.30. The summed E-state index contributed by atoms with van der Waals surface area (Å²) in [5.41, 5.74) is 0.134. The van der Waals surface area contributed by atoms with Gasteiger partial charge in [0, 0.05) is 44.9 Å². The van der Waals surface area contributed by atoms with Gasteiger partial charge in [0.25, 0.3) is 5.91 Å². The summed E-state index contributed by atoms with van der Waals surface area (Å²) < 4.78 is 5.16. The number of piperidine rings is 1. The van der Waals surface area contributed by atoms with Crippen LogP contribution in [0.2, 0.25) is 0 Å². The van der Waals surface area contributed by atoms with Gasteiger partial charge in [-0.25, -0.2) is 9.78 Å². The second-order valence-corrected chi connectivity index (χ2v) is 7.27. The fourth-order valence-electron chi connectivity index (χ4n) is 3.86. The molecule has 0 spiro atoms. The van der Waals surface area contributed by atoms with Crippen molar-refractivity contribution in [3.63, 3.8) is 0 Å². The maximum atomic E-state index is 12.1. The minimum Gasteiger partial charge on any atom is -0.481 e. The number of rotatable bonds is 5. The molecule has 1 aromatic rings. The lowest BCUT2D eigenvalue weighted by Gasteiger charge is -2.39. The predicted octanol–water partition coefficient (Wildman–Crippen LogP) is 0.518. The number of amides is 3. The van der Waals surface area contributed by atoms with Gasteiger partial charge in [0.1, 0.15) is 5.54 Å². The second-order valence-electron chi connectivity index (χ2n) is 7.27. The molecule has 0 radical (unpaired) electrons. The van der Waals surface area contributed by atoms with Gasteiger partial charge in [0.05, 0.1) is 7.11 Å². The minimum atomic E-state index is -0.821. The molecule has 0 aliphatic carbocycles. The highest BCUT2D eigenvalue weighted by molar-refractivity contribution is 6.07. The van der Waals surface area contributed by atoms with Crippen LogP contribution >= 0.6 is 0 Å². The molecule has 3 rings (SSSR count). The lowest BCUT2D eigenvalue weighted by molar-refractivity contribution is -0.125. The van der Waals surface area contributed by atoms with E-state index in [1.54, 1.807) is 14.2 Å². The fraction of sp³-hybridized carbons (Fsp3) is 0.579. The molecule has 3 N–H and O–H groups in total. The number of carbonyl (C=O) groups excluding carboxylic acids is 2. The van der Waals surface area contributed by atoms with Crippen LogP contribution in [0.3, 0.4) is 0 Å². The molecule has 28 heavy (non-hydrogen) atoms. The van der Waals surface area contributed by atoms with Crippen molar-refractivity contribution < 1.29 is 14.3 Å². The van der Waals surface area contributed by atoms with Gasteiger partial charge in [-0.1, -0.05) is 6.07 Å². The van der Waals surface area contributed by atoms with Gasteiger partial charge in [-0.05, 0) is 31.7 Å². The molecule has 3 amide bonds. The maximum absolute atomic E-state index is 12.1. The van der Waals surface area contributed by atoms with Gasteiger partial charge < -0.3 is 20.3 Å². The van der Waals surface area contributed by atoms with Crippen LogP contribution in [-0.2, 0) is 11.2 Å². The van der Waals surface area contributed by atoms with E-state index in [-0.39, 0.29) is 11.8 Å². The Labute approximate surface area is 164 Å². The zero-order chi connectivity index (χ0) is 20.1. The van der Waals surface area contributed by atoms with Crippen LogP contribution in [0, 0.1) is 5.92 Å². The van der Waals surface area contributed by atoms with E-state index < -0.39 is 11.6 Å². The molecule has 3 heterocycles. The first-order chi connectivity index (χ1) is 13.5. The van der Waals surface area contributed by atoms with Crippen LogP contribution in [0.1, 0.15) is 25.5 Å². The third-order valence-electron chi connectivity index (χ3n) is 5.55. The number of carbonyl (C=O) groups is 2. The molecule has 0 aromatic carbocycles. The SMILES string of the molecule is CN=C(NCCc1cccc(OC)n1)N1CCC(C2(C)NC(=O)NC2=O)CC1.